The molecule has 0 saturated heterocycles. The summed E-state index contributed by atoms with van der Waals surface area (Å²) < 4.78 is 3.23. The molecule has 2 rings (SSSR count). The summed E-state index contributed by atoms with van der Waals surface area (Å²) in [6.45, 7) is 4.14. The third-order valence-corrected chi connectivity index (χ3v) is 3.73. The maximum Gasteiger partial charge on any atom is 0.368 e. The van der Waals surface area contributed by atoms with Crippen molar-refractivity contribution in [1.29, 1.82) is 0 Å². The van der Waals surface area contributed by atoms with Gasteiger partial charge in [0, 0.05) is 17.1 Å². The molecule has 0 spiro atoms. The molecule has 0 aliphatic carbocycles. The zero-order valence-electron chi connectivity index (χ0n) is 12.1. The Bertz CT molecular complexity index is 720. The van der Waals surface area contributed by atoms with E-state index in [1.165, 1.54) is 9.36 Å². The number of hydrogen-bond donors (Lipinski definition) is 0. The van der Waals surface area contributed by atoms with Gasteiger partial charge in [0.15, 0.2) is 0 Å². The molecule has 1 aromatic heterocycles. The smallest absolute Gasteiger partial charge is 0.368 e. The molecule has 0 saturated carbocycles. The standard InChI is InChI=1S/C13H16BrN5O2/c1-4-9(2)15-21-8-10-11(14)6-5-7-12(10)19-13(20)18(3)16-17-19/h5-7H,4,8H2,1-3H3. The van der Waals surface area contributed by atoms with E-state index in [4.69, 9.17) is 4.84 Å². The maximum atomic E-state index is 12.0. The zero-order chi connectivity index (χ0) is 15.4. The monoisotopic (exact) mass is 353 g/mol. The number of aryl methyl sites for hydroxylation is 1. The number of benzene rings is 1. The van der Waals surface area contributed by atoms with Crippen molar-refractivity contribution in [2.45, 2.75) is 26.9 Å². The number of halogens is 1. The van der Waals surface area contributed by atoms with Gasteiger partial charge in [-0.15, -0.1) is 0 Å². The van der Waals surface area contributed by atoms with Crippen molar-refractivity contribution < 1.29 is 4.84 Å². The number of hydrogen-bond acceptors (Lipinski definition) is 5. The Morgan fingerprint density at radius 3 is 2.81 bits per heavy atom. The van der Waals surface area contributed by atoms with E-state index in [9.17, 15) is 4.79 Å². The molecule has 0 fully saturated rings. The fourth-order valence-corrected chi connectivity index (χ4v) is 2.10. The van der Waals surface area contributed by atoms with Crippen molar-refractivity contribution >= 4 is 21.6 Å². The highest BCUT2D eigenvalue weighted by Gasteiger charge is 2.14. The molecule has 0 aliphatic heterocycles. The Balaban J connectivity index is 2.37. The summed E-state index contributed by atoms with van der Waals surface area (Å²) >= 11 is 3.46. The van der Waals surface area contributed by atoms with Crippen LogP contribution in [0.5, 0.6) is 0 Å². The van der Waals surface area contributed by atoms with Crippen LogP contribution in [-0.2, 0) is 18.5 Å². The van der Waals surface area contributed by atoms with Crippen molar-refractivity contribution in [3.05, 3.63) is 38.7 Å². The van der Waals surface area contributed by atoms with E-state index < -0.39 is 0 Å². The average molecular weight is 354 g/mol. The van der Waals surface area contributed by atoms with Crippen molar-refractivity contribution in [2.24, 2.45) is 12.2 Å². The lowest BCUT2D eigenvalue weighted by molar-refractivity contribution is 0.129. The van der Waals surface area contributed by atoms with Crippen molar-refractivity contribution in [2.75, 3.05) is 0 Å². The molecule has 112 valence electrons. The molecule has 7 nitrogen and oxygen atoms in total. The Morgan fingerprint density at radius 2 is 2.19 bits per heavy atom. The first-order valence-corrected chi connectivity index (χ1v) is 7.26. The fourth-order valence-electron chi connectivity index (χ4n) is 1.62. The zero-order valence-corrected chi connectivity index (χ0v) is 13.7. The van der Waals surface area contributed by atoms with Gasteiger partial charge in [-0.3, -0.25) is 0 Å². The fraction of sp³-hybridized carbons (Fsp3) is 0.385. The van der Waals surface area contributed by atoms with Crippen LogP contribution < -0.4 is 5.69 Å². The van der Waals surface area contributed by atoms with Gasteiger partial charge in [0.2, 0.25) is 0 Å². The van der Waals surface area contributed by atoms with Crippen molar-refractivity contribution in [1.82, 2.24) is 19.8 Å². The first-order valence-electron chi connectivity index (χ1n) is 6.46. The Morgan fingerprint density at radius 1 is 1.43 bits per heavy atom. The molecule has 21 heavy (non-hydrogen) atoms. The second-order valence-electron chi connectivity index (χ2n) is 4.49. The molecule has 0 aliphatic rings. The third kappa shape index (κ3) is 3.38. The number of nitrogens with zero attached hydrogens (tertiary/aromatic N) is 5. The highest BCUT2D eigenvalue weighted by Crippen LogP contribution is 2.23. The minimum absolute atomic E-state index is 0.233. The lowest BCUT2D eigenvalue weighted by Crippen LogP contribution is -2.23. The van der Waals surface area contributed by atoms with Crippen LogP contribution in [0, 0.1) is 0 Å². The van der Waals surface area contributed by atoms with Crippen LogP contribution in [0.1, 0.15) is 25.8 Å². The van der Waals surface area contributed by atoms with Crippen LogP contribution in [0.15, 0.2) is 32.6 Å². The topological polar surface area (TPSA) is 74.3 Å². The van der Waals surface area contributed by atoms with Gasteiger partial charge < -0.3 is 4.84 Å². The minimum atomic E-state index is -0.317. The van der Waals surface area contributed by atoms with Gasteiger partial charge in [0.1, 0.15) is 6.61 Å². The summed E-state index contributed by atoms with van der Waals surface area (Å²) in [5.41, 5.74) is 1.99. The lowest BCUT2D eigenvalue weighted by Gasteiger charge is -2.09. The molecular weight excluding hydrogens is 338 g/mol. The molecule has 2 aromatic rings. The predicted octanol–water partition coefficient (Wildman–Crippen LogP) is 2.03. The Kier molecular flexibility index (Phi) is 4.89. The van der Waals surface area contributed by atoms with E-state index in [1.807, 2.05) is 26.0 Å². The summed E-state index contributed by atoms with van der Waals surface area (Å²) in [5, 5.41) is 11.6. The number of rotatable bonds is 5. The van der Waals surface area contributed by atoms with Crippen LogP contribution in [-0.4, -0.2) is 25.5 Å². The summed E-state index contributed by atoms with van der Waals surface area (Å²) in [4.78, 5) is 17.3. The molecule has 0 N–H and O–H groups in total. The van der Waals surface area contributed by atoms with Gasteiger partial charge in [0.25, 0.3) is 0 Å². The molecule has 0 amide bonds. The SMILES string of the molecule is CCC(C)=NOCc1c(Br)cccc1-n1nnn(C)c1=O. The largest absolute Gasteiger partial charge is 0.391 e. The second kappa shape index (κ2) is 6.66. The molecule has 0 atom stereocenters. The quantitative estimate of drug-likeness (QED) is 0.608. The van der Waals surface area contributed by atoms with Crippen molar-refractivity contribution in [3.8, 4) is 5.69 Å². The highest BCUT2D eigenvalue weighted by atomic mass is 79.9. The number of oxime groups is 1. The normalized spacial score (nSPS) is 11.7. The molecule has 0 unspecified atom stereocenters. The van der Waals surface area contributed by atoms with Crippen LogP contribution in [0.2, 0.25) is 0 Å². The first kappa shape index (κ1) is 15.4. The summed E-state index contributed by atoms with van der Waals surface area (Å²) in [6.07, 6.45) is 0.826. The predicted molar refractivity (Wildman–Crippen MR) is 82.5 cm³/mol. The van der Waals surface area contributed by atoms with Crippen LogP contribution in [0.3, 0.4) is 0 Å². The molecule has 0 bridgehead atoms. The van der Waals surface area contributed by atoms with Gasteiger partial charge in [0.05, 0.1) is 11.4 Å². The molecule has 0 radical (unpaired) electrons. The Hall–Kier alpha value is -1.96. The Labute approximate surface area is 130 Å². The average Bonchev–Trinajstić information content (AvgIpc) is 2.80. The number of tetrazole rings is 1. The van der Waals surface area contributed by atoms with Crippen molar-refractivity contribution in [3.63, 3.8) is 0 Å². The lowest BCUT2D eigenvalue weighted by atomic mass is 10.2. The van der Waals surface area contributed by atoms with E-state index >= 15 is 0 Å². The van der Waals surface area contributed by atoms with Gasteiger partial charge in [-0.25, -0.2) is 4.79 Å². The summed E-state index contributed by atoms with van der Waals surface area (Å²) in [7, 11) is 1.55. The molecule has 8 heteroatoms. The van der Waals surface area contributed by atoms with Gasteiger partial charge in [-0.1, -0.05) is 34.1 Å². The van der Waals surface area contributed by atoms with E-state index in [2.05, 4.69) is 31.5 Å². The minimum Gasteiger partial charge on any atom is -0.391 e. The summed E-state index contributed by atoms with van der Waals surface area (Å²) in [5.74, 6) is 0. The van der Waals surface area contributed by atoms with Crippen LogP contribution >= 0.6 is 15.9 Å². The van der Waals surface area contributed by atoms with Gasteiger partial charge in [-0.2, -0.15) is 9.36 Å². The molecular formula is C13H16BrN5O2. The van der Waals surface area contributed by atoms with Gasteiger partial charge in [-0.05, 0) is 35.9 Å². The highest BCUT2D eigenvalue weighted by molar-refractivity contribution is 9.10. The maximum absolute atomic E-state index is 12.0. The van der Waals surface area contributed by atoms with E-state index in [1.54, 1.807) is 13.1 Å². The molecule has 1 aromatic carbocycles. The van der Waals surface area contributed by atoms with E-state index in [0.717, 1.165) is 22.2 Å². The first-order chi connectivity index (χ1) is 10.0. The van der Waals surface area contributed by atoms with Crippen LogP contribution in [0.4, 0.5) is 0 Å². The number of aromatic nitrogens is 4. The van der Waals surface area contributed by atoms with Crippen LogP contribution in [0.25, 0.3) is 5.69 Å². The molecule has 1 heterocycles. The van der Waals surface area contributed by atoms with Gasteiger partial charge >= 0.3 is 5.69 Å². The van der Waals surface area contributed by atoms with E-state index in [0.29, 0.717) is 5.69 Å². The summed E-state index contributed by atoms with van der Waals surface area (Å²) in [6, 6.07) is 5.49. The van der Waals surface area contributed by atoms with E-state index in [-0.39, 0.29) is 12.3 Å². The third-order valence-electron chi connectivity index (χ3n) is 2.98. The second-order valence-corrected chi connectivity index (χ2v) is 5.34.